The highest BCUT2D eigenvalue weighted by molar-refractivity contribution is 5.82. The highest BCUT2D eigenvalue weighted by Gasteiger charge is 2.80. The number of aliphatic hydroxyl groups excluding tert-OH is 2. The van der Waals surface area contributed by atoms with Crippen LogP contribution in [0.5, 0.6) is 0 Å². The lowest BCUT2D eigenvalue weighted by Crippen LogP contribution is -2.78. The predicted molar refractivity (Wildman–Crippen MR) is 137 cm³/mol. The van der Waals surface area contributed by atoms with Crippen LogP contribution in [0.25, 0.3) is 0 Å². The first-order valence-corrected chi connectivity index (χ1v) is 13.9. The van der Waals surface area contributed by atoms with Crippen LogP contribution in [0.2, 0.25) is 0 Å². The molecule has 0 aromatic carbocycles. The Hall–Kier alpha value is -1.70. The fraction of sp³-hybridized carbons (Fsp3) is 0.800. The van der Waals surface area contributed by atoms with Crippen molar-refractivity contribution >= 4 is 11.9 Å². The summed E-state index contributed by atoms with van der Waals surface area (Å²) in [6, 6.07) is 0. The Morgan fingerprint density at radius 3 is 2.54 bits per heavy atom. The van der Waals surface area contributed by atoms with Crippen molar-refractivity contribution < 1.29 is 34.4 Å². The molecule has 4 fully saturated rings. The zero-order chi connectivity index (χ0) is 27.2. The molecule has 1 heterocycles. The lowest BCUT2D eigenvalue weighted by atomic mass is 9.29. The van der Waals surface area contributed by atoms with E-state index in [1.807, 2.05) is 6.08 Å². The Morgan fingerprint density at radius 1 is 1.19 bits per heavy atom. The van der Waals surface area contributed by atoms with Gasteiger partial charge < -0.3 is 24.8 Å². The van der Waals surface area contributed by atoms with E-state index in [-0.39, 0.29) is 24.9 Å². The third-order valence-corrected chi connectivity index (χ3v) is 12.4. The molecule has 0 saturated heterocycles. The van der Waals surface area contributed by atoms with E-state index in [4.69, 9.17) is 9.47 Å². The number of rotatable bonds is 2. The van der Waals surface area contributed by atoms with Gasteiger partial charge in [-0.2, -0.15) is 0 Å². The smallest absolute Gasteiger partial charge is 0.330 e. The van der Waals surface area contributed by atoms with Crippen LogP contribution in [0, 0.1) is 38.9 Å². The fourth-order valence-electron chi connectivity index (χ4n) is 10.5. The van der Waals surface area contributed by atoms with Crippen molar-refractivity contribution in [3.05, 3.63) is 24.3 Å². The summed E-state index contributed by atoms with van der Waals surface area (Å²) >= 11 is 0. The number of aliphatic hydroxyl groups is 3. The van der Waals surface area contributed by atoms with Crippen LogP contribution < -0.4 is 0 Å². The van der Waals surface area contributed by atoms with Gasteiger partial charge in [0.25, 0.3) is 0 Å². The first kappa shape index (κ1) is 26.9. The van der Waals surface area contributed by atoms with Crippen molar-refractivity contribution in [3.8, 4) is 0 Å². The Kier molecular flexibility index (Phi) is 5.93. The third kappa shape index (κ3) is 3.05. The molecule has 10 atom stereocenters. The lowest BCUT2D eigenvalue weighted by Gasteiger charge is -2.75. The van der Waals surface area contributed by atoms with E-state index in [1.165, 1.54) is 13.2 Å². The van der Waals surface area contributed by atoms with E-state index >= 15 is 0 Å². The molecule has 1 aliphatic heterocycles. The molecular weight excluding hydrogens is 472 g/mol. The topological polar surface area (TPSA) is 113 Å². The van der Waals surface area contributed by atoms with Gasteiger partial charge in [0.2, 0.25) is 0 Å². The molecule has 0 radical (unpaired) electrons. The van der Waals surface area contributed by atoms with Crippen LogP contribution in [-0.2, 0) is 19.1 Å². The number of hydrogen-bond donors (Lipinski definition) is 3. The number of allylic oxidation sites excluding steroid dienone is 1. The molecule has 7 heteroatoms. The van der Waals surface area contributed by atoms with E-state index in [0.717, 1.165) is 24.8 Å². The fourth-order valence-corrected chi connectivity index (χ4v) is 10.5. The molecule has 7 nitrogen and oxygen atoms in total. The summed E-state index contributed by atoms with van der Waals surface area (Å²) in [5.41, 5.74) is -4.28. The number of hydrogen-bond acceptors (Lipinski definition) is 7. The molecule has 0 bridgehead atoms. The molecule has 0 unspecified atom stereocenters. The van der Waals surface area contributed by atoms with E-state index in [2.05, 4.69) is 27.4 Å². The summed E-state index contributed by atoms with van der Waals surface area (Å²) in [6.07, 6.45) is 6.14. The minimum atomic E-state index is -1.35. The summed E-state index contributed by atoms with van der Waals surface area (Å²) in [7, 11) is 1.39. The summed E-state index contributed by atoms with van der Waals surface area (Å²) in [6.45, 7) is 12.3. The largest absolute Gasteiger partial charge is 0.468 e. The van der Waals surface area contributed by atoms with Crippen LogP contribution >= 0.6 is 0 Å². The van der Waals surface area contributed by atoms with Crippen LogP contribution in [0.3, 0.4) is 0 Å². The highest BCUT2D eigenvalue weighted by Crippen LogP contribution is 2.78. The molecule has 206 valence electrons. The number of methoxy groups -OCH3 is 1. The van der Waals surface area contributed by atoms with Gasteiger partial charge in [-0.15, -0.1) is 0 Å². The summed E-state index contributed by atoms with van der Waals surface area (Å²) in [4.78, 5) is 26.4. The highest BCUT2D eigenvalue weighted by atomic mass is 16.5. The van der Waals surface area contributed by atoms with Gasteiger partial charge in [-0.05, 0) is 86.4 Å². The van der Waals surface area contributed by atoms with Gasteiger partial charge in [-0.25, -0.2) is 4.79 Å². The second kappa shape index (κ2) is 8.15. The number of carbonyl (C=O) groups excluding carboxylic acids is 2. The number of cyclic esters (lactones) is 1. The second-order valence-electron chi connectivity index (χ2n) is 13.8. The van der Waals surface area contributed by atoms with Crippen molar-refractivity contribution in [2.24, 2.45) is 38.9 Å². The quantitative estimate of drug-likeness (QED) is 0.379. The van der Waals surface area contributed by atoms with Gasteiger partial charge in [0, 0.05) is 11.5 Å². The van der Waals surface area contributed by atoms with E-state index in [9.17, 15) is 24.9 Å². The minimum Gasteiger partial charge on any atom is -0.468 e. The van der Waals surface area contributed by atoms with Gasteiger partial charge >= 0.3 is 11.9 Å². The minimum absolute atomic E-state index is 0.0290. The molecule has 0 spiro atoms. The van der Waals surface area contributed by atoms with Crippen molar-refractivity contribution in [2.45, 2.75) is 96.9 Å². The summed E-state index contributed by atoms with van der Waals surface area (Å²) in [5.74, 6) is -1.48. The molecule has 0 aromatic heterocycles. The van der Waals surface area contributed by atoms with Gasteiger partial charge in [-0.3, -0.25) is 4.79 Å². The Bertz CT molecular complexity index is 1050. The maximum absolute atomic E-state index is 14.1. The maximum atomic E-state index is 14.1. The summed E-state index contributed by atoms with van der Waals surface area (Å²) < 4.78 is 11.0. The average molecular weight is 517 g/mol. The molecule has 0 aromatic rings. The zero-order valence-electron chi connectivity index (χ0n) is 23.0. The monoisotopic (exact) mass is 516 g/mol. The first-order valence-electron chi connectivity index (χ1n) is 13.9. The normalized spacial score (nSPS) is 51.9. The SMILES string of the molecule is C=C1CC[C@]2(C)CC[C@]3(C)[C@H]4[C@H](O)C[C@@]5([C@H](C)O)COC(=O)C=C[C@H]5[C@]4(C)CC[C@@]3(C(=O)OC)[C@]2(O)C1. The van der Waals surface area contributed by atoms with Crippen molar-refractivity contribution in [3.63, 3.8) is 0 Å². The molecule has 3 N–H and O–H groups in total. The Labute approximate surface area is 220 Å². The molecular formula is C30H44O7. The van der Waals surface area contributed by atoms with E-state index in [1.54, 1.807) is 6.92 Å². The Balaban J connectivity index is 1.73. The predicted octanol–water partition coefficient (Wildman–Crippen LogP) is 3.70. The standard InChI is InChI=1S/C30H44O7/c1-18-9-10-25(3)11-13-27(5)23-20(32)16-28(19(2)31)17-37-22(33)8-7-21(28)26(23,4)12-14-29(27,24(34)36-6)30(25,35)15-18/h7-8,19-21,23,31-32,35H,1,9-17H2,2-6H3/t19-,20+,21-,23-,25+,26-,27+,28-,29-,30-/m0/s1. The molecule has 0 amide bonds. The summed E-state index contributed by atoms with van der Waals surface area (Å²) in [5, 5.41) is 35.9. The van der Waals surface area contributed by atoms with Crippen molar-refractivity contribution in [1.29, 1.82) is 0 Å². The lowest BCUT2D eigenvalue weighted by molar-refractivity contribution is -0.321. The Morgan fingerprint density at radius 2 is 1.89 bits per heavy atom. The number of esters is 2. The van der Waals surface area contributed by atoms with Crippen LogP contribution in [-0.4, -0.2) is 58.8 Å². The van der Waals surface area contributed by atoms with Crippen molar-refractivity contribution in [2.75, 3.05) is 13.7 Å². The first-order chi connectivity index (χ1) is 17.2. The molecule has 37 heavy (non-hydrogen) atoms. The third-order valence-electron chi connectivity index (χ3n) is 12.4. The number of carbonyl (C=O) groups is 2. The maximum Gasteiger partial charge on any atom is 0.330 e. The molecule has 4 saturated carbocycles. The van der Waals surface area contributed by atoms with Crippen molar-refractivity contribution in [1.82, 2.24) is 0 Å². The number of ether oxygens (including phenoxy) is 2. The molecule has 4 aliphatic carbocycles. The molecule has 5 aliphatic rings. The van der Waals surface area contributed by atoms with Crippen LogP contribution in [0.4, 0.5) is 0 Å². The second-order valence-corrected chi connectivity index (χ2v) is 13.8. The van der Waals surface area contributed by atoms with Gasteiger partial charge in [-0.1, -0.05) is 39.0 Å². The van der Waals surface area contributed by atoms with Gasteiger partial charge in [0.15, 0.2) is 0 Å². The number of fused-ring (bicyclic) bond motifs is 7. The van der Waals surface area contributed by atoms with Crippen LogP contribution in [0.1, 0.15) is 79.1 Å². The van der Waals surface area contributed by atoms with Gasteiger partial charge in [0.1, 0.15) is 12.0 Å². The van der Waals surface area contributed by atoms with E-state index in [0.29, 0.717) is 25.7 Å². The zero-order valence-corrected chi connectivity index (χ0v) is 23.0. The van der Waals surface area contributed by atoms with Gasteiger partial charge in [0.05, 0.1) is 24.9 Å². The van der Waals surface area contributed by atoms with Crippen LogP contribution in [0.15, 0.2) is 24.3 Å². The molecule has 5 rings (SSSR count). The average Bonchev–Trinajstić information content (AvgIpc) is 3.00. The van der Waals surface area contributed by atoms with E-state index < -0.39 is 56.8 Å².